The van der Waals surface area contributed by atoms with Gasteiger partial charge < -0.3 is 9.80 Å². The zero-order valence-electron chi connectivity index (χ0n) is 18.3. The van der Waals surface area contributed by atoms with Crippen LogP contribution in [0.2, 0.25) is 0 Å². The quantitative estimate of drug-likeness (QED) is 0.719. The summed E-state index contributed by atoms with van der Waals surface area (Å²) in [4.78, 5) is 26.7. The number of aryl methyl sites for hydroxylation is 1. The van der Waals surface area contributed by atoms with Crippen LogP contribution < -0.4 is 4.90 Å². The van der Waals surface area contributed by atoms with Crippen molar-refractivity contribution in [3.05, 3.63) is 17.6 Å². The van der Waals surface area contributed by atoms with Gasteiger partial charge in [-0.2, -0.15) is 0 Å². The molecular weight excluding hydrogens is 348 g/mol. The molecule has 0 radical (unpaired) electrons. The van der Waals surface area contributed by atoms with Crippen LogP contribution in [0.3, 0.4) is 0 Å². The average Bonchev–Trinajstić information content (AvgIpc) is 2.71. The van der Waals surface area contributed by atoms with E-state index in [-0.39, 0.29) is 5.92 Å². The predicted octanol–water partition coefficient (Wildman–Crippen LogP) is 4.55. The second kappa shape index (κ2) is 9.71. The Balaban J connectivity index is 1.51. The summed E-state index contributed by atoms with van der Waals surface area (Å²) in [6.45, 7) is 11.9. The minimum absolute atomic E-state index is 0.262. The predicted molar refractivity (Wildman–Crippen MR) is 115 cm³/mol. The molecule has 1 aromatic rings. The maximum Gasteiger partial charge on any atom is 0.225 e. The highest BCUT2D eigenvalue weighted by Crippen LogP contribution is 2.33. The van der Waals surface area contributed by atoms with E-state index in [9.17, 15) is 4.79 Å². The zero-order valence-corrected chi connectivity index (χ0v) is 18.3. The van der Waals surface area contributed by atoms with Crippen molar-refractivity contribution in [2.75, 3.05) is 31.1 Å². The van der Waals surface area contributed by atoms with Crippen LogP contribution in [0.4, 0.5) is 5.82 Å². The lowest BCUT2D eigenvalue weighted by molar-refractivity contribution is -0.137. The van der Waals surface area contributed by atoms with E-state index in [1.54, 1.807) is 0 Å². The lowest BCUT2D eigenvalue weighted by atomic mass is 9.79. The van der Waals surface area contributed by atoms with Gasteiger partial charge in [0, 0.05) is 49.8 Å². The largest absolute Gasteiger partial charge is 0.353 e. The van der Waals surface area contributed by atoms with Crippen molar-refractivity contribution in [1.29, 1.82) is 0 Å². The molecule has 0 unspecified atom stereocenters. The smallest absolute Gasteiger partial charge is 0.225 e. The molecule has 156 valence electrons. The molecule has 5 heteroatoms. The normalized spacial score (nSPS) is 23.3. The highest BCUT2D eigenvalue weighted by atomic mass is 16.2. The van der Waals surface area contributed by atoms with Crippen LogP contribution >= 0.6 is 0 Å². The fourth-order valence-corrected chi connectivity index (χ4v) is 4.60. The maximum atomic E-state index is 13.0. The lowest BCUT2D eigenvalue weighted by Gasteiger charge is -2.38. The van der Waals surface area contributed by atoms with Crippen LogP contribution in [0.25, 0.3) is 0 Å². The summed E-state index contributed by atoms with van der Waals surface area (Å²) in [6.07, 6.45) is 8.66. The monoisotopic (exact) mass is 386 g/mol. The number of hydrogen-bond donors (Lipinski definition) is 0. The number of piperazine rings is 1. The second-order valence-corrected chi connectivity index (χ2v) is 9.05. The Kier molecular flexibility index (Phi) is 7.30. The second-order valence-electron chi connectivity index (χ2n) is 9.05. The topological polar surface area (TPSA) is 49.3 Å². The van der Waals surface area contributed by atoms with Crippen molar-refractivity contribution < 1.29 is 4.79 Å². The van der Waals surface area contributed by atoms with E-state index >= 15 is 0 Å². The molecule has 0 N–H and O–H groups in total. The summed E-state index contributed by atoms with van der Waals surface area (Å²) in [5, 5.41) is 0. The molecule has 0 spiro atoms. The number of amides is 1. The zero-order chi connectivity index (χ0) is 20.1. The fraction of sp³-hybridized carbons (Fsp3) is 0.783. The van der Waals surface area contributed by atoms with Gasteiger partial charge in [-0.15, -0.1) is 0 Å². The molecule has 28 heavy (non-hydrogen) atoms. The first-order valence-corrected chi connectivity index (χ1v) is 11.4. The highest BCUT2D eigenvalue weighted by Gasteiger charge is 2.31. The Morgan fingerprint density at radius 3 is 2.39 bits per heavy atom. The molecular formula is C23H38N4O. The molecule has 5 nitrogen and oxygen atoms in total. The molecule has 0 bridgehead atoms. The van der Waals surface area contributed by atoms with Crippen molar-refractivity contribution in [2.24, 2.45) is 11.8 Å². The van der Waals surface area contributed by atoms with Gasteiger partial charge in [-0.05, 0) is 38.5 Å². The van der Waals surface area contributed by atoms with E-state index in [1.165, 1.54) is 32.1 Å². The minimum Gasteiger partial charge on any atom is -0.353 e. The lowest BCUT2D eigenvalue weighted by Crippen LogP contribution is -2.51. The molecule has 1 aromatic heterocycles. The third kappa shape index (κ3) is 5.24. The Bertz CT molecular complexity index is 644. The summed E-state index contributed by atoms with van der Waals surface area (Å²) >= 11 is 0. The van der Waals surface area contributed by atoms with Gasteiger partial charge in [-0.3, -0.25) is 4.79 Å². The first-order chi connectivity index (χ1) is 13.5. The van der Waals surface area contributed by atoms with Gasteiger partial charge in [0.05, 0.1) is 0 Å². The number of hydrogen-bond acceptors (Lipinski definition) is 4. The third-order valence-electron chi connectivity index (χ3n) is 6.45. The van der Waals surface area contributed by atoms with Crippen LogP contribution in [-0.2, 0) is 4.79 Å². The summed E-state index contributed by atoms with van der Waals surface area (Å²) in [7, 11) is 0. The van der Waals surface area contributed by atoms with Crippen molar-refractivity contribution in [2.45, 2.75) is 78.6 Å². The first-order valence-electron chi connectivity index (χ1n) is 11.4. The molecule has 2 heterocycles. The highest BCUT2D eigenvalue weighted by molar-refractivity contribution is 5.79. The van der Waals surface area contributed by atoms with E-state index in [0.717, 1.165) is 62.3 Å². The fourth-order valence-electron chi connectivity index (χ4n) is 4.60. The number of carbonyl (C=O) groups is 1. The molecule has 0 atom stereocenters. The van der Waals surface area contributed by atoms with Crippen LogP contribution in [0, 0.1) is 18.8 Å². The number of rotatable bonds is 6. The number of unbranched alkanes of at least 4 members (excludes halogenated alkanes) is 1. The Hall–Kier alpha value is -1.65. The van der Waals surface area contributed by atoms with E-state index in [2.05, 4.69) is 41.6 Å². The van der Waals surface area contributed by atoms with Gasteiger partial charge in [-0.25, -0.2) is 9.97 Å². The molecule has 0 aromatic carbocycles. The van der Waals surface area contributed by atoms with Gasteiger partial charge in [0.1, 0.15) is 11.6 Å². The van der Waals surface area contributed by atoms with Gasteiger partial charge in [0.25, 0.3) is 0 Å². The molecule has 1 saturated carbocycles. The van der Waals surface area contributed by atoms with Gasteiger partial charge in [-0.1, -0.05) is 40.0 Å². The van der Waals surface area contributed by atoms with Crippen LogP contribution in [0.15, 0.2) is 6.07 Å². The van der Waals surface area contributed by atoms with Crippen LogP contribution in [0.5, 0.6) is 0 Å². The minimum atomic E-state index is 0.262. The van der Waals surface area contributed by atoms with Gasteiger partial charge >= 0.3 is 0 Å². The van der Waals surface area contributed by atoms with Crippen LogP contribution in [-0.4, -0.2) is 47.0 Å². The maximum absolute atomic E-state index is 13.0. The van der Waals surface area contributed by atoms with Gasteiger partial charge in [0.2, 0.25) is 5.91 Å². The molecule has 3 rings (SSSR count). The van der Waals surface area contributed by atoms with E-state index < -0.39 is 0 Å². The van der Waals surface area contributed by atoms with Crippen molar-refractivity contribution in [1.82, 2.24) is 14.9 Å². The molecule has 1 aliphatic carbocycles. The molecule has 1 aliphatic heterocycles. The summed E-state index contributed by atoms with van der Waals surface area (Å²) < 4.78 is 0. The SMILES string of the molecule is CCCCC1CCC(C(=O)N2CCN(c3cc(C)nc(C(C)C)n3)CC2)CC1. The molecule has 2 fully saturated rings. The van der Waals surface area contributed by atoms with Gasteiger partial charge in [0.15, 0.2) is 0 Å². The Labute approximate surface area is 170 Å². The van der Waals surface area contributed by atoms with Crippen molar-refractivity contribution >= 4 is 11.7 Å². The Morgan fingerprint density at radius 1 is 1.11 bits per heavy atom. The van der Waals surface area contributed by atoms with Crippen molar-refractivity contribution in [3.8, 4) is 0 Å². The van der Waals surface area contributed by atoms with E-state index in [0.29, 0.717) is 11.8 Å². The number of anilines is 1. The molecule has 2 aliphatic rings. The summed E-state index contributed by atoms with van der Waals surface area (Å²) in [5.74, 6) is 3.77. The van der Waals surface area contributed by atoms with E-state index in [4.69, 9.17) is 4.98 Å². The molecule has 1 saturated heterocycles. The summed E-state index contributed by atoms with van der Waals surface area (Å²) in [5.41, 5.74) is 1.02. The van der Waals surface area contributed by atoms with Crippen molar-refractivity contribution in [3.63, 3.8) is 0 Å². The summed E-state index contributed by atoms with van der Waals surface area (Å²) in [6, 6.07) is 2.07. The number of aromatic nitrogens is 2. The third-order valence-corrected chi connectivity index (χ3v) is 6.45. The standard InChI is InChI=1S/C23H38N4O/c1-5-6-7-19-8-10-20(11-9-19)23(28)27-14-12-26(13-15-27)21-16-18(4)24-22(25-21)17(2)3/h16-17,19-20H,5-15H2,1-4H3. The number of nitrogens with zero attached hydrogens (tertiary/aromatic N) is 4. The first kappa shape index (κ1) is 21.1. The average molecular weight is 387 g/mol. The Morgan fingerprint density at radius 2 is 1.79 bits per heavy atom. The molecule has 1 amide bonds. The van der Waals surface area contributed by atoms with E-state index in [1.807, 2.05) is 6.92 Å². The van der Waals surface area contributed by atoms with Crippen LogP contribution in [0.1, 0.15) is 83.2 Å². The number of carbonyl (C=O) groups excluding carboxylic acids is 1.